The van der Waals surface area contributed by atoms with Crippen LogP contribution in [0.4, 0.5) is 0 Å². The van der Waals surface area contributed by atoms with E-state index in [0.29, 0.717) is 71.4 Å². The molecule has 1 aromatic heterocycles. The molecule has 2 aliphatic rings. The first-order valence-corrected chi connectivity index (χ1v) is 47.1. The van der Waals surface area contributed by atoms with Crippen molar-refractivity contribution in [3.63, 3.8) is 0 Å². The Morgan fingerprint density at radius 2 is 0.791 bits per heavy atom. The summed E-state index contributed by atoms with van der Waals surface area (Å²) in [6.45, 7) is 6.59. The molecule has 0 N–H and O–H groups in total. The second-order valence-corrected chi connectivity index (χ2v) is 37.5. The van der Waals surface area contributed by atoms with Gasteiger partial charge in [0, 0.05) is 43.4 Å². The maximum Gasteiger partial charge on any atom is 0.265 e. The highest BCUT2D eigenvalue weighted by Gasteiger charge is 2.39. The molecule has 10 unspecified atom stereocenters. The second kappa shape index (κ2) is 49.9. The van der Waals surface area contributed by atoms with Crippen LogP contribution in [0.2, 0.25) is 0 Å². The maximum absolute atomic E-state index is 11.5. The molecular weight excluding hydrogens is 1590 g/mol. The predicted octanol–water partition coefficient (Wildman–Crippen LogP) is 7.83. The number of furan rings is 1. The van der Waals surface area contributed by atoms with Gasteiger partial charge in [0.1, 0.15) is 18.0 Å². The topological polar surface area (TPSA) is 293 Å². The van der Waals surface area contributed by atoms with Crippen molar-refractivity contribution in [1.29, 1.82) is 0 Å². The van der Waals surface area contributed by atoms with E-state index in [-0.39, 0.29) is 49.5 Å². The first kappa shape index (κ1) is 101. The molecule has 2 aliphatic carbocycles. The fourth-order valence-corrected chi connectivity index (χ4v) is 15.7. The highest BCUT2D eigenvalue weighted by molar-refractivity contribution is 7.87. The average molecular weight is 1700 g/mol. The molecule has 10 atom stereocenters. The molecular formula is C84H112N6O19S6. The number of hydrogen-bond donors (Lipinski definition) is 0. The van der Waals surface area contributed by atoms with Crippen LogP contribution >= 0.6 is 0 Å². The van der Waals surface area contributed by atoms with Crippen LogP contribution in [0.3, 0.4) is 0 Å². The summed E-state index contributed by atoms with van der Waals surface area (Å²) < 4.78 is 172. The van der Waals surface area contributed by atoms with E-state index in [1.165, 1.54) is 5.56 Å². The van der Waals surface area contributed by atoms with Gasteiger partial charge in [-0.3, -0.25) is 54.5 Å². The molecule has 628 valence electrons. The summed E-state index contributed by atoms with van der Waals surface area (Å²) in [4.78, 5) is 11.5. The van der Waals surface area contributed by atoms with Crippen molar-refractivity contribution in [3.8, 4) is 74.1 Å². The molecule has 0 spiro atoms. The van der Waals surface area contributed by atoms with Crippen molar-refractivity contribution >= 4 is 60.7 Å². The van der Waals surface area contributed by atoms with Gasteiger partial charge in [-0.15, -0.1) is 38.5 Å². The summed E-state index contributed by atoms with van der Waals surface area (Å²) in [5, 5.41) is 0. The molecule has 1 heterocycles. The number of nitrogens with zero attached hydrogens (tertiary/aromatic N) is 6. The molecule has 25 nitrogen and oxygen atoms in total. The predicted molar refractivity (Wildman–Crippen MR) is 454 cm³/mol. The number of benzene rings is 5. The van der Waals surface area contributed by atoms with E-state index in [2.05, 4.69) is 41.6 Å². The lowest BCUT2D eigenvalue weighted by Gasteiger charge is -2.37. The Morgan fingerprint density at radius 1 is 0.409 bits per heavy atom. The van der Waals surface area contributed by atoms with Crippen molar-refractivity contribution < 1.29 is 80.0 Å². The number of aryl methyl sites for hydroxylation is 1. The zero-order valence-corrected chi connectivity index (χ0v) is 72.9. The molecule has 0 saturated heterocycles. The normalized spacial score (nSPS) is 16.9. The molecule has 0 fully saturated rings. The monoisotopic (exact) mass is 1700 g/mol. The highest BCUT2D eigenvalue weighted by Crippen LogP contribution is 2.39. The summed E-state index contributed by atoms with van der Waals surface area (Å²) in [6, 6.07) is 47.5. The Kier molecular flexibility index (Phi) is 43.9. The van der Waals surface area contributed by atoms with E-state index in [1.807, 2.05) is 225 Å². The highest BCUT2D eigenvalue weighted by atomic mass is 32.2. The van der Waals surface area contributed by atoms with Gasteiger partial charge >= 0.3 is 0 Å². The van der Waals surface area contributed by atoms with Gasteiger partial charge in [-0.05, 0) is 126 Å². The molecule has 115 heavy (non-hydrogen) atoms. The number of likely N-dealkylation sites (N-methyl/N-ethyl adjacent to an activating group) is 6. The first-order chi connectivity index (χ1) is 53.9. The molecule has 6 aromatic rings. The Morgan fingerprint density at radius 3 is 1.22 bits per heavy atom. The Labute approximate surface area is 687 Å². The summed E-state index contributed by atoms with van der Waals surface area (Å²) in [5.74, 6) is 16.1. The van der Waals surface area contributed by atoms with Crippen LogP contribution in [-0.4, -0.2) is 255 Å². The van der Waals surface area contributed by atoms with Crippen LogP contribution in [0.5, 0.6) is 0 Å². The molecule has 0 saturated carbocycles. The molecule has 8 rings (SSSR count). The lowest BCUT2D eigenvalue weighted by molar-refractivity contribution is 0.0811. The quantitative estimate of drug-likeness (QED) is 0.0270. The summed E-state index contributed by atoms with van der Waals surface area (Å²) in [7, 11) is -9.78. The summed E-state index contributed by atoms with van der Waals surface area (Å²) in [6.07, 6.45) is 41.8. The van der Waals surface area contributed by atoms with E-state index in [0.717, 1.165) is 83.1 Å². The summed E-state index contributed by atoms with van der Waals surface area (Å²) in [5.41, 5.74) is 7.50. The van der Waals surface area contributed by atoms with E-state index < -0.39 is 85.1 Å². The average Bonchev–Trinajstić information content (AvgIpc) is 1.77. The van der Waals surface area contributed by atoms with E-state index in [1.54, 1.807) is 12.3 Å². The molecule has 0 radical (unpaired) electrons. The van der Waals surface area contributed by atoms with Crippen molar-refractivity contribution in [3.05, 3.63) is 203 Å². The van der Waals surface area contributed by atoms with Crippen LogP contribution in [0.1, 0.15) is 83.2 Å². The third kappa shape index (κ3) is 40.6. The molecule has 0 aliphatic heterocycles. The number of terminal acetylenes is 6. The van der Waals surface area contributed by atoms with Gasteiger partial charge in [-0.1, -0.05) is 175 Å². The van der Waals surface area contributed by atoms with Crippen LogP contribution in [0.25, 0.3) is 0 Å². The van der Waals surface area contributed by atoms with Gasteiger partial charge in [-0.25, -0.2) is 0 Å². The maximum atomic E-state index is 11.5. The van der Waals surface area contributed by atoms with Crippen molar-refractivity contribution in [1.82, 2.24) is 29.4 Å². The van der Waals surface area contributed by atoms with Gasteiger partial charge < -0.3 is 4.42 Å². The number of fused-ring (bicyclic) bond motifs is 2. The van der Waals surface area contributed by atoms with Crippen molar-refractivity contribution in [2.75, 3.05) is 132 Å². The lowest BCUT2D eigenvalue weighted by atomic mass is 9.85. The largest absolute Gasteiger partial charge is 0.469 e. The molecule has 31 heteroatoms. The Bertz CT molecular complexity index is 4860. The number of rotatable bonds is 35. The minimum atomic E-state index is -3.54. The summed E-state index contributed by atoms with van der Waals surface area (Å²) >= 11 is 0. The zero-order valence-electron chi connectivity index (χ0n) is 68.0. The molecule has 0 amide bonds. The minimum absolute atomic E-state index is 0.0533. The van der Waals surface area contributed by atoms with Gasteiger partial charge in [0.25, 0.3) is 60.7 Å². The third-order valence-corrected chi connectivity index (χ3v) is 21.5. The van der Waals surface area contributed by atoms with E-state index in [9.17, 15) is 50.5 Å². The third-order valence-electron chi connectivity index (χ3n) is 18.0. The van der Waals surface area contributed by atoms with Gasteiger partial charge in [0.15, 0.2) is 0 Å². The molecule has 5 aromatic carbocycles. The van der Waals surface area contributed by atoms with Gasteiger partial charge in [-0.2, -0.15) is 50.5 Å². The Balaban J connectivity index is 0.000000357. The second-order valence-electron chi connectivity index (χ2n) is 27.8. The molecule has 0 bridgehead atoms. The minimum Gasteiger partial charge on any atom is -0.469 e. The Hall–Kier alpha value is -8.04. The lowest BCUT2D eigenvalue weighted by Crippen LogP contribution is -2.42. The first-order valence-electron chi connectivity index (χ1n) is 36.2. The van der Waals surface area contributed by atoms with Crippen LogP contribution in [0, 0.1) is 74.1 Å². The zero-order chi connectivity index (χ0) is 86.3. The SMILES string of the molecule is C#CCN(C)C(C)C(Cc1ccccc1)OS(C)(=O)=O.C#CCN(C)C(C)C(OS(C)(=O)=O)c1ccccc1.C#CCN(C)C(COS(C)(=O)=O)Cc1ccccc1.C#CCN(C)C(COS(C)(=O)=O)Cc1ccco1.C#CCN(C)C1c2ccccc2CC1OS(C)(=O)=O.C#CCN(C)C1c2ccccc2CCC1OS(C)(=O)=O. The standard InChI is InChI=1S/C15H19NO3S.C15H21NO3S.C14H17NO3S.2C14H19NO3S.C12H17NO4S/c1-4-11-16(2)15-13-8-6-5-7-12(13)9-10-14(15)19-20(3,17)18;1-5-11-16(3)13(2)15(19-20(4,17)18)12-14-9-7-6-8-10-14;1-4-9-15(2)14-12-8-6-5-7-11(12)10-13(14)18-19(3,16)17;1-5-11-15(3)12(2)14(18-19(4,16)17)13-9-7-6-8-10-13;1-4-10-15(2)14(12-18-19(3,16)17)11-13-8-6-5-7-9-13;1-4-7-13(2)11(10-17-18(3,14)15)9-12-6-5-8-16-12/h1,5-8,14-15H,9-11H2,2-3H3;1,6-10,13,15H,11-12H2,2-4H3;1,5-8,13-14H,9-10H2,2-3H3;1,6-10,12,14H,11H2,2-4H3;1,5-9,14H,10-12H2,2-3H3;1,5-6,8,11H,7,9-10H2,2-3H3. The van der Waals surface area contributed by atoms with Crippen LogP contribution in [0.15, 0.2) is 162 Å². The van der Waals surface area contributed by atoms with E-state index in [4.69, 9.17) is 68.1 Å². The van der Waals surface area contributed by atoms with Crippen molar-refractivity contribution in [2.45, 2.75) is 113 Å². The van der Waals surface area contributed by atoms with Gasteiger partial charge in [0.2, 0.25) is 0 Å². The fraction of sp³-hybridized carbons (Fsp3) is 0.452. The fourth-order valence-electron chi connectivity index (χ4n) is 12.3. The number of hydrogen-bond acceptors (Lipinski definition) is 25. The van der Waals surface area contributed by atoms with E-state index >= 15 is 0 Å². The van der Waals surface area contributed by atoms with Crippen LogP contribution in [-0.2, 0) is 118 Å². The smallest absolute Gasteiger partial charge is 0.265 e. The van der Waals surface area contributed by atoms with Gasteiger partial charge in [0.05, 0.1) is 121 Å². The van der Waals surface area contributed by atoms with Crippen molar-refractivity contribution in [2.24, 2.45) is 0 Å². The van der Waals surface area contributed by atoms with Crippen LogP contribution < -0.4 is 0 Å².